The zero-order chi connectivity index (χ0) is 20.4. The van der Waals surface area contributed by atoms with Crippen LogP contribution in [0.2, 0.25) is 0 Å². The zero-order valence-electron chi connectivity index (χ0n) is 17.3. The third-order valence-electron chi connectivity index (χ3n) is 5.31. The maximum absolute atomic E-state index is 5.49. The Morgan fingerprint density at radius 1 is 0.931 bits per heavy atom. The van der Waals surface area contributed by atoms with Gasteiger partial charge in [0, 0.05) is 37.6 Å². The van der Waals surface area contributed by atoms with Crippen molar-refractivity contribution in [1.82, 2.24) is 9.97 Å². The molecule has 0 atom stereocenters. The predicted octanol–water partition coefficient (Wildman–Crippen LogP) is 4.13. The summed E-state index contributed by atoms with van der Waals surface area (Å²) in [4.78, 5) is 13.8. The van der Waals surface area contributed by atoms with Crippen molar-refractivity contribution in [1.29, 1.82) is 0 Å². The molecule has 0 spiro atoms. The molecule has 3 aromatic rings. The zero-order valence-corrected chi connectivity index (χ0v) is 17.3. The SMILES string of the molecule is COc1cc2c(cc1OC)CN(c1cc(C)nc(N(C)c3ccccc3)n1)CC2. The van der Waals surface area contributed by atoms with E-state index in [0.717, 1.165) is 48.2 Å². The van der Waals surface area contributed by atoms with Crippen LogP contribution in [0.1, 0.15) is 16.8 Å². The summed E-state index contributed by atoms with van der Waals surface area (Å²) in [6.45, 7) is 3.69. The monoisotopic (exact) mass is 390 g/mol. The van der Waals surface area contributed by atoms with E-state index in [1.54, 1.807) is 14.2 Å². The quantitative estimate of drug-likeness (QED) is 0.653. The number of nitrogens with zero attached hydrogens (tertiary/aromatic N) is 4. The minimum atomic E-state index is 0.698. The van der Waals surface area contributed by atoms with Crippen molar-refractivity contribution in [2.45, 2.75) is 19.9 Å². The van der Waals surface area contributed by atoms with E-state index in [2.05, 4.69) is 34.1 Å². The van der Waals surface area contributed by atoms with Crippen LogP contribution in [0.15, 0.2) is 48.5 Å². The first-order valence-corrected chi connectivity index (χ1v) is 9.72. The molecule has 1 aliphatic heterocycles. The summed E-state index contributed by atoms with van der Waals surface area (Å²) in [6.07, 6.45) is 0.933. The number of methoxy groups -OCH3 is 2. The molecule has 0 radical (unpaired) electrons. The minimum absolute atomic E-state index is 0.698. The van der Waals surface area contributed by atoms with E-state index >= 15 is 0 Å². The highest BCUT2D eigenvalue weighted by Gasteiger charge is 2.22. The van der Waals surface area contributed by atoms with Crippen molar-refractivity contribution >= 4 is 17.5 Å². The van der Waals surface area contributed by atoms with Gasteiger partial charge in [-0.3, -0.25) is 0 Å². The van der Waals surface area contributed by atoms with E-state index in [0.29, 0.717) is 5.95 Å². The van der Waals surface area contributed by atoms with Gasteiger partial charge in [-0.05, 0) is 48.7 Å². The van der Waals surface area contributed by atoms with Crippen molar-refractivity contribution in [3.8, 4) is 11.5 Å². The summed E-state index contributed by atoms with van der Waals surface area (Å²) >= 11 is 0. The van der Waals surface area contributed by atoms with Crippen LogP contribution in [-0.4, -0.2) is 37.8 Å². The van der Waals surface area contributed by atoms with Gasteiger partial charge >= 0.3 is 0 Å². The summed E-state index contributed by atoms with van der Waals surface area (Å²) in [5, 5.41) is 0. The molecular formula is C23H26N4O2. The minimum Gasteiger partial charge on any atom is -0.493 e. The van der Waals surface area contributed by atoms with Crippen LogP contribution in [0.5, 0.6) is 11.5 Å². The first-order chi connectivity index (χ1) is 14.1. The number of aryl methyl sites for hydroxylation is 1. The Labute approximate surface area is 171 Å². The van der Waals surface area contributed by atoms with Crippen molar-refractivity contribution in [2.75, 3.05) is 37.6 Å². The second-order valence-electron chi connectivity index (χ2n) is 7.21. The highest BCUT2D eigenvalue weighted by Crippen LogP contribution is 2.34. The Kier molecular flexibility index (Phi) is 5.25. The molecule has 0 fully saturated rings. The van der Waals surface area contributed by atoms with Gasteiger partial charge in [-0.25, -0.2) is 4.98 Å². The number of hydrogen-bond acceptors (Lipinski definition) is 6. The Morgan fingerprint density at radius 2 is 1.62 bits per heavy atom. The number of ether oxygens (including phenoxy) is 2. The van der Waals surface area contributed by atoms with Gasteiger partial charge < -0.3 is 19.3 Å². The maximum atomic E-state index is 5.49. The molecule has 0 N–H and O–H groups in total. The number of para-hydroxylation sites is 1. The molecule has 0 saturated heterocycles. The van der Waals surface area contributed by atoms with Gasteiger partial charge in [0.2, 0.25) is 5.95 Å². The number of hydrogen-bond donors (Lipinski definition) is 0. The molecular weight excluding hydrogens is 364 g/mol. The highest BCUT2D eigenvalue weighted by molar-refractivity contribution is 5.59. The van der Waals surface area contributed by atoms with Gasteiger partial charge in [0.15, 0.2) is 11.5 Å². The van der Waals surface area contributed by atoms with E-state index in [1.807, 2.05) is 43.1 Å². The Bertz CT molecular complexity index is 1010. The first kappa shape index (κ1) is 19.1. The van der Waals surface area contributed by atoms with E-state index in [1.165, 1.54) is 11.1 Å². The fraction of sp³-hybridized carbons (Fsp3) is 0.304. The van der Waals surface area contributed by atoms with Crippen LogP contribution in [0, 0.1) is 6.92 Å². The van der Waals surface area contributed by atoms with E-state index < -0.39 is 0 Å². The van der Waals surface area contributed by atoms with E-state index in [9.17, 15) is 0 Å². The molecule has 1 aromatic heterocycles. The van der Waals surface area contributed by atoms with Gasteiger partial charge in [-0.2, -0.15) is 4.98 Å². The van der Waals surface area contributed by atoms with Crippen LogP contribution in [-0.2, 0) is 13.0 Å². The third kappa shape index (κ3) is 3.83. The molecule has 0 bridgehead atoms. The fourth-order valence-electron chi connectivity index (χ4n) is 3.69. The normalized spacial score (nSPS) is 13.0. The second kappa shape index (κ2) is 7.99. The molecule has 0 amide bonds. The van der Waals surface area contributed by atoms with Gasteiger partial charge in [0.1, 0.15) is 5.82 Å². The van der Waals surface area contributed by atoms with Crippen molar-refractivity contribution in [3.05, 3.63) is 65.4 Å². The molecule has 29 heavy (non-hydrogen) atoms. The molecule has 6 heteroatoms. The van der Waals surface area contributed by atoms with E-state index in [4.69, 9.17) is 14.5 Å². The van der Waals surface area contributed by atoms with Crippen LogP contribution in [0.3, 0.4) is 0 Å². The summed E-state index contributed by atoms with van der Waals surface area (Å²) in [5.74, 6) is 3.18. The lowest BCUT2D eigenvalue weighted by Gasteiger charge is -2.31. The number of benzene rings is 2. The van der Waals surface area contributed by atoms with Crippen LogP contribution >= 0.6 is 0 Å². The van der Waals surface area contributed by atoms with Crippen LogP contribution < -0.4 is 19.3 Å². The van der Waals surface area contributed by atoms with Crippen molar-refractivity contribution < 1.29 is 9.47 Å². The van der Waals surface area contributed by atoms with Crippen molar-refractivity contribution in [3.63, 3.8) is 0 Å². The standard InChI is InChI=1S/C23H26N4O2/c1-16-12-22(25-23(24-16)26(2)19-8-6-5-7-9-19)27-11-10-17-13-20(28-3)21(29-4)14-18(17)15-27/h5-9,12-14H,10-11,15H2,1-4H3. The van der Waals surface area contributed by atoms with Crippen LogP contribution in [0.25, 0.3) is 0 Å². The fourth-order valence-corrected chi connectivity index (χ4v) is 3.69. The lowest BCUT2D eigenvalue weighted by molar-refractivity contribution is 0.353. The summed E-state index contributed by atoms with van der Waals surface area (Å²) < 4.78 is 10.9. The lowest BCUT2D eigenvalue weighted by atomic mass is 9.99. The number of anilines is 3. The van der Waals surface area contributed by atoms with Gasteiger partial charge in [-0.1, -0.05) is 18.2 Å². The van der Waals surface area contributed by atoms with E-state index in [-0.39, 0.29) is 0 Å². The molecule has 2 aromatic carbocycles. The topological polar surface area (TPSA) is 50.7 Å². The van der Waals surface area contributed by atoms with Gasteiger partial charge in [0.05, 0.1) is 14.2 Å². The highest BCUT2D eigenvalue weighted by atomic mass is 16.5. The maximum Gasteiger partial charge on any atom is 0.231 e. The molecule has 6 nitrogen and oxygen atoms in total. The summed E-state index contributed by atoms with van der Waals surface area (Å²) in [5.41, 5.74) is 4.55. The largest absolute Gasteiger partial charge is 0.493 e. The van der Waals surface area contributed by atoms with Crippen LogP contribution in [0.4, 0.5) is 17.5 Å². The molecule has 0 unspecified atom stereocenters. The molecule has 0 aliphatic carbocycles. The molecule has 1 aliphatic rings. The average Bonchev–Trinajstić information content (AvgIpc) is 2.77. The molecule has 2 heterocycles. The predicted molar refractivity (Wildman–Crippen MR) is 116 cm³/mol. The smallest absolute Gasteiger partial charge is 0.231 e. The molecule has 0 saturated carbocycles. The Hall–Kier alpha value is -3.28. The second-order valence-corrected chi connectivity index (χ2v) is 7.21. The molecule has 150 valence electrons. The van der Waals surface area contributed by atoms with Gasteiger partial charge in [0.25, 0.3) is 0 Å². The third-order valence-corrected chi connectivity index (χ3v) is 5.31. The average molecular weight is 390 g/mol. The summed E-state index contributed by atoms with van der Waals surface area (Å²) in [7, 11) is 5.34. The number of rotatable bonds is 5. The summed E-state index contributed by atoms with van der Waals surface area (Å²) in [6, 6.07) is 16.4. The Morgan fingerprint density at radius 3 is 2.31 bits per heavy atom. The number of aromatic nitrogens is 2. The number of fused-ring (bicyclic) bond motifs is 1. The van der Waals surface area contributed by atoms with Crippen molar-refractivity contribution in [2.24, 2.45) is 0 Å². The lowest BCUT2D eigenvalue weighted by Crippen LogP contribution is -2.31. The molecule has 4 rings (SSSR count). The Balaban J connectivity index is 1.64. The van der Waals surface area contributed by atoms with Gasteiger partial charge in [-0.15, -0.1) is 0 Å². The first-order valence-electron chi connectivity index (χ1n) is 9.72.